The second kappa shape index (κ2) is 6.86. The molecule has 2 N–H and O–H groups in total. The maximum Gasteiger partial charge on any atom is 0.238 e. The molecule has 18 heavy (non-hydrogen) atoms. The number of ether oxygens (including phenoxy) is 2. The minimum atomic E-state index is -0.126. The highest BCUT2D eigenvalue weighted by Crippen LogP contribution is 2.29. The molecule has 1 aromatic rings. The van der Waals surface area contributed by atoms with E-state index >= 15 is 0 Å². The number of nitrogens with one attached hydrogen (secondary N) is 2. The third-order valence-electron chi connectivity index (χ3n) is 2.16. The van der Waals surface area contributed by atoms with Crippen LogP contribution < -0.4 is 20.1 Å². The van der Waals surface area contributed by atoms with Gasteiger partial charge in [-0.1, -0.05) is 0 Å². The fourth-order valence-corrected chi connectivity index (χ4v) is 1.45. The summed E-state index contributed by atoms with van der Waals surface area (Å²) < 4.78 is 10.8. The molecular weight excluding hydrogens is 232 g/mol. The first-order chi connectivity index (χ1) is 8.56. The molecule has 1 amide bonds. The number of carbonyl (C=O) groups is 1. The highest BCUT2D eigenvalue weighted by molar-refractivity contribution is 5.93. The molecule has 0 aromatic heterocycles. The molecule has 0 heterocycles. The van der Waals surface area contributed by atoms with E-state index in [-0.39, 0.29) is 18.6 Å². The first-order valence-corrected chi connectivity index (χ1v) is 5.86. The fraction of sp³-hybridized carbons (Fsp3) is 0.462. The smallest absolute Gasteiger partial charge is 0.238 e. The van der Waals surface area contributed by atoms with Crippen LogP contribution in [0.2, 0.25) is 0 Å². The lowest BCUT2D eigenvalue weighted by molar-refractivity contribution is -0.115. The molecule has 0 saturated heterocycles. The largest absolute Gasteiger partial charge is 0.497 e. The Labute approximate surface area is 107 Å². The summed E-state index contributed by atoms with van der Waals surface area (Å²) in [6.45, 7) is 4.12. The number of benzene rings is 1. The molecule has 5 nitrogen and oxygen atoms in total. The summed E-state index contributed by atoms with van der Waals surface area (Å²) in [6.07, 6.45) is 0.0401. The lowest BCUT2D eigenvalue weighted by atomic mass is 10.2. The van der Waals surface area contributed by atoms with Crippen molar-refractivity contribution in [2.24, 2.45) is 0 Å². The van der Waals surface area contributed by atoms with Gasteiger partial charge in [-0.3, -0.25) is 4.79 Å². The molecule has 0 aliphatic heterocycles. The number of anilines is 1. The van der Waals surface area contributed by atoms with Gasteiger partial charge in [-0.25, -0.2) is 0 Å². The Balaban J connectivity index is 2.92. The molecule has 0 atom stereocenters. The predicted octanol–water partition coefficient (Wildman–Crippen LogP) is 1.64. The summed E-state index contributed by atoms with van der Waals surface area (Å²) in [5, 5.41) is 5.58. The molecule has 1 rings (SSSR count). The van der Waals surface area contributed by atoms with E-state index in [4.69, 9.17) is 9.47 Å². The highest BCUT2D eigenvalue weighted by atomic mass is 16.5. The molecule has 0 aliphatic rings. The van der Waals surface area contributed by atoms with Crippen LogP contribution in [0.25, 0.3) is 0 Å². The van der Waals surface area contributed by atoms with Crippen molar-refractivity contribution in [1.29, 1.82) is 0 Å². The van der Waals surface area contributed by atoms with Crippen LogP contribution in [-0.2, 0) is 4.79 Å². The van der Waals surface area contributed by atoms with E-state index in [2.05, 4.69) is 10.6 Å². The molecule has 100 valence electrons. The van der Waals surface area contributed by atoms with E-state index in [9.17, 15) is 4.79 Å². The molecule has 0 radical (unpaired) electrons. The van der Waals surface area contributed by atoms with Crippen molar-refractivity contribution in [2.75, 3.05) is 26.0 Å². The lowest BCUT2D eigenvalue weighted by Gasteiger charge is -2.15. The Hall–Kier alpha value is -1.75. The van der Waals surface area contributed by atoms with E-state index in [0.717, 1.165) is 0 Å². The van der Waals surface area contributed by atoms with Crippen molar-refractivity contribution in [3.05, 3.63) is 18.2 Å². The molecule has 1 aromatic carbocycles. The maximum atomic E-state index is 11.6. The molecular formula is C13H20N2O3. The fourth-order valence-electron chi connectivity index (χ4n) is 1.45. The van der Waals surface area contributed by atoms with Crippen molar-refractivity contribution in [2.45, 2.75) is 20.0 Å². The second-order valence-corrected chi connectivity index (χ2v) is 4.11. The second-order valence-electron chi connectivity index (χ2n) is 4.11. The van der Waals surface area contributed by atoms with Crippen LogP contribution in [0.4, 0.5) is 5.69 Å². The number of hydrogen-bond donors (Lipinski definition) is 2. The number of hydrogen-bond acceptors (Lipinski definition) is 4. The van der Waals surface area contributed by atoms with Crippen LogP contribution in [0.3, 0.4) is 0 Å². The van der Waals surface area contributed by atoms with Crippen LogP contribution in [0, 0.1) is 0 Å². The van der Waals surface area contributed by atoms with E-state index in [1.807, 2.05) is 13.8 Å². The Bertz CT molecular complexity index is 405. The summed E-state index contributed by atoms with van der Waals surface area (Å²) >= 11 is 0. The molecule has 0 saturated carbocycles. The minimum absolute atomic E-state index is 0.0401. The summed E-state index contributed by atoms with van der Waals surface area (Å²) in [5.74, 6) is 1.18. The van der Waals surface area contributed by atoms with Crippen LogP contribution in [0.15, 0.2) is 18.2 Å². The molecule has 0 bridgehead atoms. The van der Waals surface area contributed by atoms with Gasteiger partial charge in [0.2, 0.25) is 5.91 Å². The zero-order valence-corrected chi connectivity index (χ0v) is 11.2. The van der Waals surface area contributed by atoms with Gasteiger partial charge >= 0.3 is 0 Å². The monoisotopic (exact) mass is 252 g/mol. The van der Waals surface area contributed by atoms with Gasteiger partial charge in [0.25, 0.3) is 0 Å². The van der Waals surface area contributed by atoms with E-state index in [0.29, 0.717) is 17.2 Å². The Morgan fingerprint density at radius 1 is 1.39 bits per heavy atom. The molecule has 0 spiro atoms. The number of likely N-dealkylation sites (N-methyl/N-ethyl adjacent to an activating group) is 1. The Morgan fingerprint density at radius 3 is 2.67 bits per heavy atom. The number of methoxy groups -OCH3 is 1. The van der Waals surface area contributed by atoms with Gasteiger partial charge in [-0.2, -0.15) is 0 Å². The van der Waals surface area contributed by atoms with Gasteiger partial charge in [0.1, 0.15) is 11.5 Å². The number of carbonyl (C=O) groups excluding carboxylic acids is 1. The van der Waals surface area contributed by atoms with Crippen LogP contribution in [0.5, 0.6) is 11.5 Å². The first kappa shape index (κ1) is 14.3. The van der Waals surface area contributed by atoms with Gasteiger partial charge in [0.05, 0.1) is 25.4 Å². The molecule has 5 heteroatoms. The molecule has 0 unspecified atom stereocenters. The van der Waals surface area contributed by atoms with E-state index < -0.39 is 0 Å². The topological polar surface area (TPSA) is 59.6 Å². The van der Waals surface area contributed by atoms with Crippen LogP contribution in [-0.4, -0.2) is 32.7 Å². The van der Waals surface area contributed by atoms with E-state index in [1.54, 1.807) is 32.4 Å². The quantitative estimate of drug-likeness (QED) is 0.808. The summed E-state index contributed by atoms with van der Waals surface area (Å²) in [6, 6.07) is 5.32. The third kappa shape index (κ3) is 4.25. The normalized spacial score (nSPS) is 10.3. The first-order valence-electron chi connectivity index (χ1n) is 5.86. The predicted molar refractivity (Wildman–Crippen MR) is 71.3 cm³/mol. The average Bonchev–Trinajstić information content (AvgIpc) is 2.31. The summed E-state index contributed by atoms with van der Waals surface area (Å²) in [4.78, 5) is 11.6. The minimum Gasteiger partial charge on any atom is -0.497 e. The Kier molecular flexibility index (Phi) is 5.45. The lowest BCUT2D eigenvalue weighted by Crippen LogP contribution is -2.25. The zero-order valence-electron chi connectivity index (χ0n) is 11.2. The van der Waals surface area contributed by atoms with Gasteiger partial charge in [-0.05, 0) is 33.0 Å². The zero-order chi connectivity index (χ0) is 13.5. The van der Waals surface area contributed by atoms with Crippen molar-refractivity contribution in [1.82, 2.24) is 5.32 Å². The third-order valence-corrected chi connectivity index (χ3v) is 2.16. The van der Waals surface area contributed by atoms with E-state index in [1.165, 1.54) is 0 Å². The van der Waals surface area contributed by atoms with Crippen LogP contribution >= 0.6 is 0 Å². The van der Waals surface area contributed by atoms with Gasteiger partial charge < -0.3 is 20.1 Å². The van der Waals surface area contributed by atoms with Gasteiger partial charge in [0.15, 0.2) is 0 Å². The number of rotatable bonds is 6. The van der Waals surface area contributed by atoms with Crippen LogP contribution in [0.1, 0.15) is 13.8 Å². The SMILES string of the molecule is CNCC(=O)Nc1cc(OC)ccc1OC(C)C. The van der Waals surface area contributed by atoms with Crippen molar-refractivity contribution in [3.63, 3.8) is 0 Å². The van der Waals surface area contributed by atoms with Crippen molar-refractivity contribution < 1.29 is 14.3 Å². The average molecular weight is 252 g/mol. The summed E-state index contributed by atoms with van der Waals surface area (Å²) in [7, 11) is 3.30. The van der Waals surface area contributed by atoms with Gasteiger partial charge in [-0.15, -0.1) is 0 Å². The van der Waals surface area contributed by atoms with Crippen molar-refractivity contribution in [3.8, 4) is 11.5 Å². The maximum absolute atomic E-state index is 11.6. The standard InChI is InChI=1S/C13H20N2O3/c1-9(2)18-12-6-5-10(17-4)7-11(12)15-13(16)8-14-3/h5-7,9,14H,8H2,1-4H3,(H,15,16). The summed E-state index contributed by atoms with van der Waals surface area (Å²) in [5.41, 5.74) is 0.614. The van der Waals surface area contributed by atoms with Crippen molar-refractivity contribution >= 4 is 11.6 Å². The highest BCUT2D eigenvalue weighted by Gasteiger charge is 2.10. The molecule has 0 fully saturated rings. The molecule has 0 aliphatic carbocycles. The number of amides is 1. The van der Waals surface area contributed by atoms with Gasteiger partial charge in [0, 0.05) is 6.07 Å². The Morgan fingerprint density at radius 2 is 2.11 bits per heavy atom.